The van der Waals surface area contributed by atoms with Crippen LogP contribution in [0.5, 0.6) is 0 Å². The summed E-state index contributed by atoms with van der Waals surface area (Å²) >= 11 is 0. The van der Waals surface area contributed by atoms with E-state index in [0.717, 1.165) is 30.4 Å². The molecular formula is C13H20N4O. The Kier molecular flexibility index (Phi) is 3.28. The fourth-order valence-electron chi connectivity index (χ4n) is 2.88. The first kappa shape index (κ1) is 12.0. The van der Waals surface area contributed by atoms with Crippen LogP contribution in [-0.4, -0.2) is 40.6 Å². The van der Waals surface area contributed by atoms with Gasteiger partial charge in [0.2, 0.25) is 0 Å². The van der Waals surface area contributed by atoms with Gasteiger partial charge in [-0.3, -0.25) is 4.90 Å². The Morgan fingerprint density at radius 1 is 1.50 bits per heavy atom. The van der Waals surface area contributed by atoms with Crippen LogP contribution >= 0.6 is 0 Å². The molecule has 1 aromatic rings. The Bertz CT molecular complexity index is 437. The zero-order valence-electron chi connectivity index (χ0n) is 10.8. The Balaban J connectivity index is 1.80. The molecule has 98 valence electrons. The van der Waals surface area contributed by atoms with Crippen molar-refractivity contribution in [3.8, 4) is 0 Å². The minimum atomic E-state index is 0.00421. The van der Waals surface area contributed by atoms with E-state index in [1.165, 1.54) is 19.4 Å². The van der Waals surface area contributed by atoms with Crippen LogP contribution < -0.4 is 5.73 Å². The third kappa shape index (κ3) is 2.25. The first-order chi connectivity index (χ1) is 8.76. The van der Waals surface area contributed by atoms with Crippen LogP contribution in [0.2, 0.25) is 0 Å². The number of aromatic nitrogens is 2. The number of rotatable bonds is 2. The van der Waals surface area contributed by atoms with Crippen molar-refractivity contribution in [3.05, 3.63) is 23.3 Å². The number of aryl methyl sites for hydroxylation is 1. The summed E-state index contributed by atoms with van der Waals surface area (Å²) in [6, 6.07) is 2.55. The molecule has 3 rings (SSSR count). The lowest BCUT2D eigenvalue weighted by molar-refractivity contribution is -0.0542. The van der Waals surface area contributed by atoms with E-state index in [-0.39, 0.29) is 6.10 Å². The summed E-state index contributed by atoms with van der Waals surface area (Å²) in [7, 11) is 0. The van der Waals surface area contributed by atoms with Crippen LogP contribution in [0.15, 0.2) is 6.07 Å². The Hall–Kier alpha value is -1.04. The van der Waals surface area contributed by atoms with Crippen LogP contribution in [-0.2, 0) is 11.3 Å². The third-order valence-electron chi connectivity index (χ3n) is 3.81. The number of nitrogens with two attached hydrogens (primary N) is 1. The molecule has 2 aliphatic rings. The predicted octanol–water partition coefficient (Wildman–Crippen LogP) is 0.779. The second kappa shape index (κ2) is 4.91. The SMILES string of the molecule is Cc1cc(CN)nc(C2CN3CCCC3CO2)n1. The zero-order valence-corrected chi connectivity index (χ0v) is 10.8. The molecule has 0 aromatic carbocycles. The van der Waals surface area contributed by atoms with E-state index >= 15 is 0 Å². The molecule has 2 N–H and O–H groups in total. The first-order valence-corrected chi connectivity index (χ1v) is 6.66. The number of hydrogen-bond donors (Lipinski definition) is 1. The highest BCUT2D eigenvalue weighted by atomic mass is 16.5. The highest BCUT2D eigenvalue weighted by Crippen LogP contribution is 2.28. The maximum atomic E-state index is 5.92. The highest BCUT2D eigenvalue weighted by molar-refractivity contribution is 5.12. The second-order valence-electron chi connectivity index (χ2n) is 5.18. The van der Waals surface area contributed by atoms with E-state index in [9.17, 15) is 0 Å². The van der Waals surface area contributed by atoms with Crippen LogP contribution in [0.25, 0.3) is 0 Å². The minimum absolute atomic E-state index is 0.00421. The Morgan fingerprint density at radius 2 is 2.39 bits per heavy atom. The van der Waals surface area contributed by atoms with E-state index in [0.29, 0.717) is 12.6 Å². The van der Waals surface area contributed by atoms with Gasteiger partial charge in [0.1, 0.15) is 6.10 Å². The molecule has 5 nitrogen and oxygen atoms in total. The van der Waals surface area contributed by atoms with Gasteiger partial charge in [-0.15, -0.1) is 0 Å². The van der Waals surface area contributed by atoms with E-state index in [1.807, 2.05) is 13.0 Å². The van der Waals surface area contributed by atoms with Crippen molar-refractivity contribution in [2.75, 3.05) is 19.7 Å². The molecule has 1 aromatic heterocycles. The molecule has 0 radical (unpaired) electrons. The molecule has 0 bridgehead atoms. The van der Waals surface area contributed by atoms with Gasteiger partial charge in [0.25, 0.3) is 0 Å². The molecule has 0 amide bonds. The lowest BCUT2D eigenvalue weighted by atomic mass is 10.1. The van der Waals surface area contributed by atoms with Crippen LogP contribution in [0, 0.1) is 6.92 Å². The van der Waals surface area contributed by atoms with Gasteiger partial charge in [0, 0.05) is 24.8 Å². The standard InChI is InChI=1S/C13H20N4O/c1-9-5-10(6-14)16-13(15-9)12-7-17-4-2-3-11(17)8-18-12/h5,11-12H,2-4,6-8,14H2,1H3. The van der Waals surface area contributed by atoms with Crippen molar-refractivity contribution < 1.29 is 4.74 Å². The molecule has 2 aliphatic heterocycles. The van der Waals surface area contributed by atoms with Crippen molar-refractivity contribution in [2.45, 2.75) is 38.5 Å². The third-order valence-corrected chi connectivity index (χ3v) is 3.81. The van der Waals surface area contributed by atoms with E-state index in [2.05, 4.69) is 14.9 Å². The van der Waals surface area contributed by atoms with Crippen molar-refractivity contribution in [2.24, 2.45) is 5.73 Å². The summed E-state index contributed by atoms with van der Waals surface area (Å²) in [5.74, 6) is 0.792. The number of hydrogen-bond acceptors (Lipinski definition) is 5. The minimum Gasteiger partial charge on any atom is -0.367 e. The molecule has 2 saturated heterocycles. The average molecular weight is 248 g/mol. The first-order valence-electron chi connectivity index (χ1n) is 6.66. The monoisotopic (exact) mass is 248 g/mol. The van der Waals surface area contributed by atoms with Crippen molar-refractivity contribution >= 4 is 0 Å². The van der Waals surface area contributed by atoms with Gasteiger partial charge in [-0.1, -0.05) is 0 Å². The zero-order chi connectivity index (χ0) is 12.5. The average Bonchev–Trinajstić information content (AvgIpc) is 2.85. The largest absolute Gasteiger partial charge is 0.367 e. The summed E-state index contributed by atoms with van der Waals surface area (Å²) in [4.78, 5) is 11.5. The van der Waals surface area contributed by atoms with E-state index in [1.54, 1.807) is 0 Å². The number of ether oxygens (including phenoxy) is 1. The smallest absolute Gasteiger partial charge is 0.158 e. The molecule has 3 heterocycles. The van der Waals surface area contributed by atoms with Gasteiger partial charge in [-0.2, -0.15) is 0 Å². The van der Waals surface area contributed by atoms with Gasteiger partial charge in [0.15, 0.2) is 5.82 Å². The van der Waals surface area contributed by atoms with Gasteiger partial charge >= 0.3 is 0 Å². The molecule has 18 heavy (non-hydrogen) atoms. The molecule has 2 fully saturated rings. The van der Waals surface area contributed by atoms with Crippen LogP contribution in [0.4, 0.5) is 0 Å². The number of morpholine rings is 1. The van der Waals surface area contributed by atoms with Crippen LogP contribution in [0.1, 0.15) is 36.2 Å². The Morgan fingerprint density at radius 3 is 3.22 bits per heavy atom. The molecule has 5 heteroatoms. The fourth-order valence-corrected chi connectivity index (χ4v) is 2.88. The number of nitrogens with zero attached hydrogens (tertiary/aromatic N) is 3. The highest BCUT2D eigenvalue weighted by Gasteiger charge is 2.34. The van der Waals surface area contributed by atoms with E-state index in [4.69, 9.17) is 10.5 Å². The summed E-state index contributed by atoms with van der Waals surface area (Å²) in [6.07, 6.45) is 2.54. The van der Waals surface area contributed by atoms with Crippen molar-refractivity contribution in [1.29, 1.82) is 0 Å². The molecule has 0 spiro atoms. The maximum Gasteiger partial charge on any atom is 0.158 e. The van der Waals surface area contributed by atoms with Crippen molar-refractivity contribution in [1.82, 2.24) is 14.9 Å². The molecule has 2 unspecified atom stereocenters. The predicted molar refractivity (Wildman–Crippen MR) is 67.9 cm³/mol. The normalized spacial score (nSPS) is 28.3. The molecule has 0 saturated carbocycles. The number of fused-ring (bicyclic) bond motifs is 1. The lowest BCUT2D eigenvalue weighted by Gasteiger charge is -2.34. The quantitative estimate of drug-likeness (QED) is 0.838. The van der Waals surface area contributed by atoms with Gasteiger partial charge in [-0.25, -0.2) is 9.97 Å². The second-order valence-corrected chi connectivity index (χ2v) is 5.18. The molecule has 2 atom stereocenters. The van der Waals surface area contributed by atoms with Crippen molar-refractivity contribution in [3.63, 3.8) is 0 Å². The summed E-state index contributed by atoms with van der Waals surface area (Å²) in [5.41, 5.74) is 7.52. The molecule has 0 aliphatic carbocycles. The summed E-state index contributed by atoms with van der Waals surface area (Å²) in [5, 5.41) is 0. The fraction of sp³-hybridized carbons (Fsp3) is 0.692. The summed E-state index contributed by atoms with van der Waals surface area (Å²) < 4.78 is 5.92. The summed E-state index contributed by atoms with van der Waals surface area (Å²) in [6.45, 7) is 5.33. The van der Waals surface area contributed by atoms with Gasteiger partial charge in [-0.05, 0) is 32.4 Å². The maximum absolute atomic E-state index is 5.92. The lowest BCUT2D eigenvalue weighted by Crippen LogP contribution is -2.43. The topological polar surface area (TPSA) is 64.3 Å². The van der Waals surface area contributed by atoms with E-state index < -0.39 is 0 Å². The van der Waals surface area contributed by atoms with Crippen LogP contribution in [0.3, 0.4) is 0 Å². The van der Waals surface area contributed by atoms with Gasteiger partial charge < -0.3 is 10.5 Å². The molecular weight excluding hydrogens is 228 g/mol. The van der Waals surface area contributed by atoms with Gasteiger partial charge in [0.05, 0.1) is 12.3 Å². The Labute approximate surface area is 107 Å².